The second kappa shape index (κ2) is 9.52. The van der Waals surface area contributed by atoms with E-state index in [9.17, 15) is 9.13 Å². The third-order valence-electron chi connectivity index (χ3n) is 2.59. The Balaban J connectivity index is 6.26. The molecule has 0 amide bonds. The Kier molecular flexibility index (Phi) is 9.76. The molecule has 0 aromatic carbocycles. The molecule has 0 unspecified atom stereocenters. The van der Waals surface area contributed by atoms with E-state index < -0.39 is 44.7 Å². The molecular weight excluding hydrogens is 374 g/mol. The van der Waals surface area contributed by atoms with E-state index in [1.54, 1.807) is 55.4 Å². The molecule has 0 spiro atoms. The largest absolute Gasteiger partial charge is 0.376 e. The van der Waals surface area contributed by atoms with Gasteiger partial charge < -0.3 is 18.1 Å². The van der Waals surface area contributed by atoms with Gasteiger partial charge in [-0.2, -0.15) is 0 Å². The summed E-state index contributed by atoms with van der Waals surface area (Å²) in [6.07, 6.45) is -1.87. The standard InChI is InChI=1S/C14H32O7P2S/c1-10(2)17-22(15,18-11(3)4)14(9,21-24)23(16,19-12(5)6)20-13(7)8/h10-13,24H,1-9H3. The molecule has 0 aromatic heterocycles. The van der Waals surface area contributed by atoms with Gasteiger partial charge in [-0.05, 0) is 75.2 Å². The van der Waals surface area contributed by atoms with Crippen LogP contribution in [0.5, 0.6) is 0 Å². The summed E-state index contributed by atoms with van der Waals surface area (Å²) in [5.41, 5.74) is 0. The van der Waals surface area contributed by atoms with Crippen LogP contribution in [0.25, 0.3) is 0 Å². The lowest BCUT2D eigenvalue weighted by atomic mass is 10.5. The SMILES string of the molecule is CC(C)OP(=O)(OC(C)C)C(C)(OS)P(=O)(OC(C)C)OC(C)C. The van der Waals surface area contributed by atoms with E-state index in [1.165, 1.54) is 6.92 Å². The summed E-state index contributed by atoms with van der Waals surface area (Å²) in [5.74, 6) is 0. The fourth-order valence-corrected chi connectivity index (χ4v) is 7.47. The molecule has 0 aromatic rings. The fourth-order valence-electron chi connectivity index (χ4n) is 1.80. The average Bonchev–Trinajstić information content (AvgIpc) is 2.32. The molecule has 24 heavy (non-hydrogen) atoms. The van der Waals surface area contributed by atoms with Gasteiger partial charge in [-0.3, -0.25) is 13.3 Å². The van der Waals surface area contributed by atoms with Crippen LogP contribution in [0, 0.1) is 0 Å². The maximum atomic E-state index is 13.5. The van der Waals surface area contributed by atoms with Crippen LogP contribution in [0.1, 0.15) is 62.3 Å². The Bertz CT molecular complexity index is 414. The summed E-state index contributed by atoms with van der Waals surface area (Å²) in [6, 6.07) is 0. The zero-order valence-electron chi connectivity index (χ0n) is 16.0. The average molecular weight is 406 g/mol. The first-order valence-corrected chi connectivity index (χ1v) is 11.4. The summed E-state index contributed by atoms with van der Waals surface area (Å²) in [7, 11) is -8.20. The molecule has 0 atom stereocenters. The van der Waals surface area contributed by atoms with Crippen LogP contribution in [-0.2, 0) is 31.4 Å². The molecule has 0 aliphatic heterocycles. The highest BCUT2D eigenvalue weighted by molar-refractivity contribution is 7.78. The van der Waals surface area contributed by atoms with E-state index in [4.69, 9.17) is 22.3 Å². The molecule has 10 heteroatoms. The van der Waals surface area contributed by atoms with Gasteiger partial charge in [-0.1, -0.05) is 0 Å². The van der Waals surface area contributed by atoms with Crippen molar-refractivity contribution < 1.29 is 31.4 Å². The van der Waals surface area contributed by atoms with E-state index in [0.29, 0.717) is 0 Å². The van der Waals surface area contributed by atoms with Gasteiger partial charge in [0.05, 0.1) is 24.4 Å². The lowest BCUT2D eigenvalue weighted by Gasteiger charge is -2.40. The lowest BCUT2D eigenvalue weighted by Crippen LogP contribution is -2.34. The van der Waals surface area contributed by atoms with Crippen molar-refractivity contribution in [3.63, 3.8) is 0 Å². The Hall–Kier alpha value is 0.610. The van der Waals surface area contributed by atoms with E-state index >= 15 is 0 Å². The van der Waals surface area contributed by atoms with Crippen molar-refractivity contribution in [1.29, 1.82) is 0 Å². The monoisotopic (exact) mass is 406 g/mol. The summed E-state index contributed by atoms with van der Waals surface area (Å²) in [4.78, 5) is 0. The smallest absolute Gasteiger partial charge is 0.303 e. The van der Waals surface area contributed by atoms with E-state index in [-0.39, 0.29) is 0 Å². The van der Waals surface area contributed by atoms with Gasteiger partial charge in [-0.15, -0.1) is 0 Å². The van der Waals surface area contributed by atoms with Crippen LogP contribution >= 0.6 is 28.1 Å². The van der Waals surface area contributed by atoms with Gasteiger partial charge in [0.25, 0.3) is 5.08 Å². The number of thiol groups is 1. The predicted molar refractivity (Wildman–Crippen MR) is 98.6 cm³/mol. The summed E-state index contributed by atoms with van der Waals surface area (Å²) in [5, 5.41) is -2.04. The van der Waals surface area contributed by atoms with Crippen LogP contribution < -0.4 is 0 Å². The quantitative estimate of drug-likeness (QED) is 0.271. The Labute approximate surface area is 151 Å². The second-order valence-corrected chi connectivity index (χ2v) is 11.7. The first kappa shape index (κ1) is 24.6. The highest BCUT2D eigenvalue weighted by Gasteiger charge is 2.65. The van der Waals surface area contributed by atoms with Crippen LogP contribution in [0.3, 0.4) is 0 Å². The second-order valence-electron chi connectivity index (χ2n) is 6.64. The molecule has 0 aliphatic carbocycles. The van der Waals surface area contributed by atoms with E-state index in [1.807, 2.05) is 0 Å². The fraction of sp³-hybridized carbons (Fsp3) is 1.00. The van der Waals surface area contributed by atoms with Crippen LogP contribution in [0.2, 0.25) is 0 Å². The predicted octanol–water partition coefficient (Wildman–Crippen LogP) is 5.61. The third kappa shape index (κ3) is 6.10. The van der Waals surface area contributed by atoms with Crippen molar-refractivity contribution in [3.8, 4) is 0 Å². The minimum absolute atomic E-state index is 0.469. The summed E-state index contributed by atoms with van der Waals surface area (Å²) in [6.45, 7) is 14.8. The molecule has 0 saturated carbocycles. The lowest BCUT2D eigenvalue weighted by molar-refractivity contribution is 0.0723. The molecule has 0 radical (unpaired) electrons. The van der Waals surface area contributed by atoms with Gasteiger partial charge in [-0.25, -0.2) is 0 Å². The summed E-state index contributed by atoms with van der Waals surface area (Å²) >= 11 is 3.81. The zero-order valence-corrected chi connectivity index (χ0v) is 18.7. The highest BCUT2D eigenvalue weighted by atomic mass is 32.1. The molecule has 0 N–H and O–H groups in total. The number of hydrogen-bond donors (Lipinski definition) is 1. The van der Waals surface area contributed by atoms with Crippen LogP contribution in [0.4, 0.5) is 0 Å². The molecule has 0 rings (SSSR count). The highest BCUT2D eigenvalue weighted by Crippen LogP contribution is 2.79. The van der Waals surface area contributed by atoms with Crippen LogP contribution in [-0.4, -0.2) is 29.5 Å². The molecular formula is C14H32O7P2S. The Morgan fingerprint density at radius 3 is 1.00 bits per heavy atom. The maximum Gasteiger partial charge on any atom is 0.376 e. The topological polar surface area (TPSA) is 80.3 Å². The third-order valence-corrected chi connectivity index (χ3v) is 9.72. The minimum atomic E-state index is -4.10. The Morgan fingerprint density at radius 2 is 0.875 bits per heavy atom. The van der Waals surface area contributed by atoms with Gasteiger partial charge in [0.2, 0.25) is 0 Å². The van der Waals surface area contributed by atoms with Crippen molar-refractivity contribution in [2.24, 2.45) is 0 Å². The minimum Gasteiger partial charge on any atom is -0.303 e. The Morgan fingerprint density at radius 1 is 0.667 bits per heavy atom. The molecule has 146 valence electrons. The van der Waals surface area contributed by atoms with Gasteiger partial charge in [0.15, 0.2) is 0 Å². The number of hydrogen-bond acceptors (Lipinski definition) is 8. The van der Waals surface area contributed by atoms with Gasteiger partial charge in [0.1, 0.15) is 0 Å². The van der Waals surface area contributed by atoms with Gasteiger partial charge >= 0.3 is 15.2 Å². The van der Waals surface area contributed by atoms with Crippen molar-refractivity contribution in [3.05, 3.63) is 0 Å². The first-order valence-electron chi connectivity index (χ1n) is 7.99. The van der Waals surface area contributed by atoms with Crippen molar-refractivity contribution in [1.82, 2.24) is 0 Å². The maximum absolute atomic E-state index is 13.5. The summed E-state index contributed by atoms with van der Waals surface area (Å²) < 4.78 is 54.4. The zero-order chi connectivity index (χ0) is 19.3. The number of rotatable bonds is 11. The molecule has 0 heterocycles. The van der Waals surface area contributed by atoms with E-state index in [0.717, 1.165) is 0 Å². The molecule has 7 nitrogen and oxygen atoms in total. The van der Waals surface area contributed by atoms with Gasteiger partial charge in [0, 0.05) is 0 Å². The van der Waals surface area contributed by atoms with E-state index in [2.05, 4.69) is 12.9 Å². The normalized spacial score (nSPS) is 14.4. The first-order chi connectivity index (χ1) is 10.7. The van der Waals surface area contributed by atoms with Crippen molar-refractivity contribution in [2.75, 3.05) is 0 Å². The molecule has 0 saturated heterocycles. The van der Waals surface area contributed by atoms with Crippen LogP contribution in [0.15, 0.2) is 0 Å². The molecule has 0 fully saturated rings. The van der Waals surface area contributed by atoms with Crippen molar-refractivity contribution in [2.45, 2.75) is 91.8 Å². The van der Waals surface area contributed by atoms with Crippen molar-refractivity contribution >= 4 is 28.1 Å². The molecule has 0 bridgehead atoms. The molecule has 0 aliphatic rings.